The van der Waals surface area contributed by atoms with Crippen LogP contribution >= 0.6 is 0 Å². The lowest BCUT2D eigenvalue weighted by atomic mass is 9.97. The molecule has 0 heterocycles. The summed E-state index contributed by atoms with van der Waals surface area (Å²) in [4.78, 5) is 10.6. The van der Waals surface area contributed by atoms with Gasteiger partial charge in [-0.15, -0.1) is 0 Å². The van der Waals surface area contributed by atoms with E-state index in [2.05, 4.69) is 20.8 Å². The predicted octanol–water partition coefficient (Wildman–Crippen LogP) is 3.40. The van der Waals surface area contributed by atoms with Crippen LogP contribution in [0, 0.1) is 11.8 Å². The van der Waals surface area contributed by atoms with Gasteiger partial charge in [0.05, 0.1) is 6.61 Å². The summed E-state index contributed by atoms with van der Waals surface area (Å²) in [7, 11) is 0. The molecule has 0 aromatic rings. The number of esters is 1. The number of carbonyl (C=O) groups is 1. The van der Waals surface area contributed by atoms with Crippen molar-refractivity contribution in [3.8, 4) is 0 Å². The lowest BCUT2D eigenvalue weighted by molar-refractivity contribution is -0.142. The van der Waals surface area contributed by atoms with Crippen LogP contribution in [0.4, 0.5) is 0 Å². The highest BCUT2D eigenvalue weighted by atomic mass is 16.5. The van der Waals surface area contributed by atoms with Crippen LogP contribution in [-0.4, -0.2) is 12.6 Å². The van der Waals surface area contributed by atoms with Crippen LogP contribution in [0.3, 0.4) is 0 Å². The molecule has 0 aromatic carbocycles. The summed E-state index contributed by atoms with van der Waals surface area (Å²) in [6, 6.07) is 0. The number of hydrogen-bond acceptors (Lipinski definition) is 2. The van der Waals surface area contributed by atoms with Crippen LogP contribution < -0.4 is 0 Å². The van der Waals surface area contributed by atoms with E-state index >= 15 is 0 Å². The lowest BCUT2D eigenvalue weighted by Gasteiger charge is -2.12. The molecule has 2 heteroatoms. The summed E-state index contributed by atoms with van der Waals surface area (Å²) in [5.41, 5.74) is 0. The highest BCUT2D eigenvalue weighted by Gasteiger charge is 2.05. The number of ether oxygens (including phenoxy) is 1. The zero-order valence-corrected chi connectivity index (χ0v) is 10.0. The summed E-state index contributed by atoms with van der Waals surface area (Å²) in [6.07, 6.45) is 4.97. The second-order valence-corrected chi connectivity index (χ2v) is 4.35. The van der Waals surface area contributed by atoms with Gasteiger partial charge in [-0.2, -0.15) is 0 Å². The molecular weight excluding hydrogens is 176 g/mol. The second-order valence-electron chi connectivity index (χ2n) is 4.35. The molecule has 0 amide bonds. The van der Waals surface area contributed by atoms with E-state index in [0.717, 1.165) is 12.3 Å². The van der Waals surface area contributed by atoms with Crippen LogP contribution in [0.15, 0.2) is 0 Å². The van der Waals surface area contributed by atoms with Crippen molar-refractivity contribution in [2.75, 3.05) is 6.61 Å². The quantitative estimate of drug-likeness (QED) is 0.589. The van der Waals surface area contributed by atoms with Gasteiger partial charge in [-0.3, -0.25) is 4.79 Å². The van der Waals surface area contributed by atoms with E-state index < -0.39 is 0 Å². The summed E-state index contributed by atoms with van der Waals surface area (Å²) in [5, 5.41) is 0. The third kappa shape index (κ3) is 8.09. The predicted molar refractivity (Wildman–Crippen MR) is 59.1 cm³/mol. The van der Waals surface area contributed by atoms with Crippen molar-refractivity contribution >= 4 is 5.97 Å². The molecule has 0 spiro atoms. The molecule has 0 rings (SSSR count). The Balaban J connectivity index is 3.35. The molecule has 0 radical (unpaired) electrons. The molecule has 0 aromatic heterocycles. The minimum atomic E-state index is -0.168. The molecule has 84 valence electrons. The second kappa shape index (κ2) is 7.84. The molecule has 0 aliphatic carbocycles. The average Bonchev–Trinajstić information content (AvgIpc) is 2.14. The van der Waals surface area contributed by atoms with Gasteiger partial charge in [-0.1, -0.05) is 40.0 Å². The zero-order valence-electron chi connectivity index (χ0n) is 10.0. The van der Waals surface area contributed by atoms with Crippen LogP contribution in [0.5, 0.6) is 0 Å². The van der Waals surface area contributed by atoms with Crippen molar-refractivity contribution in [2.24, 2.45) is 11.8 Å². The van der Waals surface area contributed by atoms with Gasteiger partial charge >= 0.3 is 5.97 Å². The van der Waals surface area contributed by atoms with E-state index in [-0.39, 0.29) is 5.97 Å². The zero-order chi connectivity index (χ0) is 11.0. The van der Waals surface area contributed by atoms with Gasteiger partial charge in [0.2, 0.25) is 0 Å². The maximum absolute atomic E-state index is 10.6. The number of carbonyl (C=O) groups excluding carboxylic acids is 1. The minimum Gasteiger partial charge on any atom is -0.466 e. The van der Waals surface area contributed by atoms with Crippen molar-refractivity contribution < 1.29 is 9.53 Å². The smallest absolute Gasteiger partial charge is 0.302 e. The average molecular weight is 200 g/mol. The Hall–Kier alpha value is -0.530. The Morgan fingerprint density at radius 1 is 1.21 bits per heavy atom. The monoisotopic (exact) mass is 200 g/mol. The van der Waals surface area contributed by atoms with Crippen LogP contribution in [0.1, 0.15) is 53.4 Å². The lowest BCUT2D eigenvalue weighted by Crippen LogP contribution is -2.09. The number of hydrogen-bond donors (Lipinski definition) is 0. The van der Waals surface area contributed by atoms with Gasteiger partial charge < -0.3 is 4.74 Å². The van der Waals surface area contributed by atoms with Crippen LogP contribution in [0.2, 0.25) is 0 Å². The van der Waals surface area contributed by atoms with E-state index in [1.54, 1.807) is 0 Å². The van der Waals surface area contributed by atoms with E-state index in [1.165, 1.54) is 26.2 Å². The van der Waals surface area contributed by atoms with Crippen LogP contribution in [-0.2, 0) is 9.53 Å². The molecule has 0 aliphatic heterocycles. The Labute approximate surface area is 88.0 Å². The summed E-state index contributed by atoms with van der Waals surface area (Å²) < 4.78 is 4.95. The summed E-state index contributed by atoms with van der Waals surface area (Å²) in [6.45, 7) is 8.70. The first-order chi connectivity index (χ1) is 6.56. The van der Waals surface area contributed by atoms with Gasteiger partial charge in [-0.05, 0) is 18.3 Å². The normalized spacial score (nSPS) is 14.9. The molecule has 14 heavy (non-hydrogen) atoms. The van der Waals surface area contributed by atoms with E-state index in [4.69, 9.17) is 4.74 Å². The highest BCUT2D eigenvalue weighted by Crippen LogP contribution is 2.15. The molecular formula is C12H24O2. The molecule has 0 unspecified atom stereocenters. The van der Waals surface area contributed by atoms with Gasteiger partial charge in [0.15, 0.2) is 0 Å². The van der Waals surface area contributed by atoms with Gasteiger partial charge in [0, 0.05) is 6.92 Å². The highest BCUT2D eigenvalue weighted by molar-refractivity contribution is 5.65. The standard InChI is InChI=1S/C12H24O2/c1-5-10(2)7-6-8-11(3)9-14-12(4)13/h10-11H,5-9H2,1-4H3/t10-,11-/m0/s1. The van der Waals surface area contributed by atoms with Gasteiger partial charge in [0.1, 0.15) is 0 Å². The largest absolute Gasteiger partial charge is 0.466 e. The first-order valence-corrected chi connectivity index (χ1v) is 5.69. The molecule has 0 bridgehead atoms. The van der Waals surface area contributed by atoms with Crippen molar-refractivity contribution in [2.45, 2.75) is 53.4 Å². The third-order valence-corrected chi connectivity index (χ3v) is 2.66. The molecule has 0 saturated heterocycles. The fourth-order valence-corrected chi connectivity index (χ4v) is 1.36. The minimum absolute atomic E-state index is 0.168. The van der Waals surface area contributed by atoms with Gasteiger partial charge in [-0.25, -0.2) is 0 Å². The molecule has 0 fully saturated rings. The topological polar surface area (TPSA) is 26.3 Å². The molecule has 2 atom stereocenters. The maximum Gasteiger partial charge on any atom is 0.302 e. The Morgan fingerprint density at radius 3 is 2.29 bits per heavy atom. The Kier molecular flexibility index (Phi) is 7.54. The third-order valence-electron chi connectivity index (χ3n) is 2.66. The van der Waals surface area contributed by atoms with Crippen molar-refractivity contribution in [1.82, 2.24) is 0 Å². The SMILES string of the molecule is CC[C@H](C)CCC[C@H](C)COC(C)=O. The van der Waals surface area contributed by atoms with E-state index in [9.17, 15) is 4.79 Å². The van der Waals surface area contributed by atoms with Crippen molar-refractivity contribution in [3.05, 3.63) is 0 Å². The molecule has 2 nitrogen and oxygen atoms in total. The molecule has 0 N–H and O–H groups in total. The summed E-state index contributed by atoms with van der Waals surface area (Å²) >= 11 is 0. The van der Waals surface area contributed by atoms with Crippen molar-refractivity contribution in [3.63, 3.8) is 0 Å². The van der Waals surface area contributed by atoms with E-state index in [0.29, 0.717) is 12.5 Å². The maximum atomic E-state index is 10.6. The fourth-order valence-electron chi connectivity index (χ4n) is 1.36. The fraction of sp³-hybridized carbons (Fsp3) is 0.917. The molecule has 0 saturated carbocycles. The Morgan fingerprint density at radius 2 is 1.79 bits per heavy atom. The van der Waals surface area contributed by atoms with E-state index in [1.807, 2.05) is 0 Å². The number of rotatable bonds is 7. The first-order valence-electron chi connectivity index (χ1n) is 5.69. The van der Waals surface area contributed by atoms with Gasteiger partial charge in [0.25, 0.3) is 0 Å². The summed E-state index contributed by atoms with van der Waals surface area (Å²) in [5.74, 6) is 1.16. The Bertz CT molecular complexity index is 154. The van der Waals surface area contributed by atoms with Crippen molar-refractivity contribution in [1.29, 1.82) is 0 Å². The van der Waals surface area contributed by atoms with Crippen LogP contribution in [0.25, 0.3) is 0 Å². The molecule has 0 aliphatic rings. The first kappa shape index (κ1) is 13.5.